The predicted octanol–water partition coefficient (Wildman–Crippen LogP) is 4.02. The number of rotatable bonds is 5. The molecule has 0 aliphatic heterocycles. The Morgan fingerprint density at radius 2 is 1.57 bits per heavy atom. The molecule has 7 heteroatoms. The van der Waals surface area contributed by atoms with E-state index in [1.807, 2.05) is 36.4 Å². The Morgan fingerprint density at radius 1 is 0.913 bits per heavy atom. The van der Waals surface area contributed by atoms with Crippen LogP contribution in [0.2, 0.25) is 5.02 Å². The number of methoxy groups -OCH3 is 1. The van der Waals surface area contributed by atoms with E-state index in [1.54, 1.807) is 25.4 Å². The van der Waals surface area contributed by atoms with Gasteiger partial charge in [-0.05, 0) is 48.5 Å². The zero-order valence-corrected chi connectivity index (χ0v) is 13.1. The number of benzene rings is 2. The van der Waals surface area contributed by atoms with Gasteiger partial charge in [-0.15, -0.1) is 5.10 Å². The van der Waals surface area contributed by atoms with E-state index in [0.717, 1.165) is 17.1 Å². The van der Waals surface area contributed by atoms with Crippen molar-refractivity contribution >= 4 is 34.7 Å². The molecule has 2 aromatic carbocycles. The molecule has 6 nitrogen and oxygen atoms in total. The van der Waals surface area contributed by atoms with E-state index in [1.165, 1.54) is 0 Å². The molecule has 0 bridgehead atoms. The fourth-order valence-corrected chi connectivity index (χ4v) is 2.03. The summed E-state index contributed by atoms with van der Waals surface area (Å²) in [4.78, 5) is 4.37. The molecular formula is C16H14ClN5O. The van der Waals surface area contributed by atoms with Gasteiger partial charge >= 0.3 is 0 Å². The van der Waals surface area contributed by atoms with Crippen molar-refractivity contribution in [2.45, 2.75) is 0 Å². The summed E-state index contributed by atoms with van der Waals surface area (Å²) >= 11 is 5.86. The monoisotopic (exact) mass is 327 g/mol. The second-order valence-electron chi connectivity index (χ2n) is 4.65. The summed E-state index contributed by atoms with van der Waals surface area (Å²) < 4.78 is 5.13. The van der Waals surface area contributed by atoms with Gasteiger partial charge < -0.3 is 15.4 Å². The Kier molecular flexibility index (Phi) is 4.54. The minimum Gasteiger partial charge on any atom is -0.497 e. The fourth-order valence-electron chi connectivity index (χ4n) is 1.90. The van der Waals surface area contributed by atoms with Crippen molar-refractivity contribution in [3.8, 4) is 5.75 Å². The first-order chi connectivity index (χ1) is 11.2. The van der Waals surface area contributed by atoms with E-state index >= 15 is 0 Å². The molecule has 0 fully saturated rings. The molecule has 1 aromatic heterocycles. The average Bonchev–Trinajstić information content (AvgIpc) is 2.58. The lowest BCUT2D eigenvalue weighted by Crippen LogP contribution is -2.02. The molecule has 0 saturated carbocycles. The van der Waals surface area contributed by atoms with Crippen LogP contribution in [-0.2, 0) is 0 Å². The molecule has 0 atom stereocenters. The molecule has 0 aliphatic rings. The number of anilines is 4. The van der Waals surface area contributed by atoms with Crippen molar-refractivity contribution < 1.29 is 4.74 Å². The van der Waals surface area contributed by atoms with Crippen molar-refractivity contribution in [1.29, 1.82) is 0 Å². The number of hydrogen-bond donors (Lipinski definition) is 2. The first-order valence-corrected chi connectivity index (χ1v) is 7.24. The van der Waals surface area contributed by atoms with Crippen LogP contribution in [0.1, 0.15) is 0 Å². The van der Waals surface area contributed by atoms with Gasteiger partial charge in [-0.2, -0.15) is 10.1 Å². The summed E-state index contributed by atoms with van der Waals surface area (Å²) in [7, 11) is 1.63. The molecule has 2 N–H and O–H groups in total. The lowest BCUT2D eigenvalue weighted by atomic mass is 10.3. The maximum absolute atomic E-state index is 5.86. The molecule has 3 rings (SSSR count). The molecule has 1 heterocycles. The third-order valence-corrected chi connectivity index (χ3v) is 3.27. The number of aromatic nitrogens is 3. The predicted molar refractivity (Wildman–Crippen MR) is 90.8 cm³/mol. The third kappa shape index (κ3) is 4.08. The van der Waals surface area contributed by atoms with Crippen LogP contribution in [-0.4, -0.2) is 22.3 Å². The SMILES string of the molecule is COc1ccc(Nc2cnnc(Nc3ccc(Cl)cc3)n2)cc1. The minimum absolute atomic E-state index is 0.394. The zero-order valence-electron chi connectivity index (χ0n) is 12.3. The number of halogens is 1. The molecule has 23 heavy (non-hydrogen) atoms. The van der Waals surface area contributed by atoms with Crippen LogP contribution in [0.15, 0.2) is 54.7 Å². The van der Waals surface area contributed by atoms with Crippen molar-refractivity contribution in [1.82, 2.24) is 15.2 Å². The summed E-state index contributed by atoms with van der Waals surface area (Å²) in [6.07, 6.45) is 1.55. The Morgan fingerprint density at radius 3 is 2.26 bits per heavy atom. The quantitative estimate of drug-likeness (QED) is 0.737. The van der Waals surface area contributed by atoms with Crippen LogP contribution in [0.4, 0.5) is 23.1 Å². The minimum atomic E-state index is 0.394. The molecule has 116 valence electrons. The van der Waals surface area contributed by atoms with E-state index in [0.29, 0.717) is 16.8 Å². The molecule has 0 spiro atoms. The number of hydrogen-bond acceptors (Lipinski definition) is 6. The van der Waals surface area contributed by atoms with Crippen LogP contribution in [0.25, 0.3) is 0 Å². The summed E-state index contributed by atoms with van der Waals surface area (Å²) in [6.45, 7) is 0. The van der Waals surface area contributed by atoms with Crippen LogP contribution >= 0.6 is 11.6 Å². The topological polar surface area (TPSA) is 72.0 Å². The van der Waals surface area contributed by atoms with E-state index < -0.39 is 0 Å². The van der Waals surface area contributed by atoms with Gasteiger partial charge in [0.15, 0.2) is 5.82 Å². The first-order valence-electron chi connectivity index (χ1n) is 6.86. The van der Waals surface area contributed by atoms with Gasteiger partial charge in [0, 0.05) is 16.4 Å². The van der Waals surface area contributed by atoms with Crippen molar-refractivity contribution in [3.63, 3.8) is 0 Å². The highest BCUT2D eigenvalue weighted by atomic mass is 35.5. The Labute approximate surface area is 138 Å². The summed E-state index contributed by atoms with van der Waals surface area (Å²) in [5.74, 6) is 1.77. The lowest BCUT2D eigenvalue weighted by Gasteiger charge is -2.08. The zero-order chi connectivity index (χ0) is 16.1. The molecule has 0 aliphatic carbocycles. The largest absolute Gasteiger partial charge is 0.497 e. The van der Waals surface area contributed by atoms with Crippen molar-refractivity contribution in [3.05, 3.63) is 59.8 Å². The third-order valence-electron chi connectivity index (χ3n) is 3.02. The second kappa shape index (κ2) is 6.93. The van der Waals surface area contributed by atoms with Gasteiger partial charge in [-0.25, -0.2) is 0 Å². The fraction of sp³-hybridized carbons (Fsp3) is 0.0625. The van der Waals surface area contributed by atoms with Gasteiger partial charge in [-0.1, -0.05) is 11.6 Å². The van der Waals surface area contributed by atoms with E-state index in [4.69, 9.17) is 16.3 Å². The maximum atomic E-state index is 5.86. The first kappa shape index (κ1) is 15.1. The lowest BCUT2D eigenvalue weighted by molar-refractivity contribution is 0.415. The van der Waals surface area contributed by atoms with E-state index in [-0.39, 0.29) is 0 Å². The van der Waals surface area contributed by atoms with E-state index in [9.17, 15) is 0 Å². The number of nitrogens with zero attached hydrogens (tertiary/aromatic N) is 3. The standard InChI is InChI=1S/C16H14ClN5O/c1-23-14-8-6-12(7-9-14)19-15-10-18-22-16(21-15)20-13-4-2-11(17)3-5-13/h2-10H,1H3,(H2,19,20,21,22). The number of nitrogens with one attached hydrogen (secondary N) is 2. The highest BCUT2D eigenvalue weighted by Crippen LogP contribution is 2.20. The van der Waals surface area contributed by atoms with Gasteiger partial charge in [0.25, 0.3) is 0 Å². The highest BCUT2D eigenvalue weighted by molar-refractivity contribution is 6.30. The Bertz CT molecular complexity index is 777. The smallest absolute Gasteiger partial charge is 0.249 e. The molecular weight excluding hydrogens is 314 g/mol. The summed E-state index contributed by atoms with van der Waals surface area (Å²) in [6, 6.07) is 14.8. The molecule has 3 aromatic rings. The maximum Gasteiger partial charge on any atom is 0.249 e. The molecule has 0 unspecified atom stereocenters. The molecule has 0 amide bonds. The van der Waals surface area contributed by atoms with Crippen LogP contribution in [0, 0.1) is 0 Å². The molecule has 0 saturated heterocycles. The van der Waals surface area contributed by atoms with Gasteiger partial charge in [0.1, 0.15) is 5.75 Å². The van der Waals surface area contributed by atoms with Gasteiger partial charge in [0.05, 0.1) is 13.3 Å². The molecule has 0 radical (unpaired) electrons. The normalized spacial score (nSPS) is 10.2. The Hall–Kier alpha value is -2.86. The van der Waals surface area contributed by atoms with Gasteiger partial charge in [0.2, 0.25) is 5.95 Å². The van der Waals surface area contributed by atoms with E-state index in [2.05, 4.69) is 25.8 Å². The average molecular weight is 328 g/mol. The van der Waals surface area contributed by atoms with Crippen molar-refractivity contribution in [2.24, 2.45) is 0 Å². The van der Waals surface area contributed by atoms with Crippen LogP contribution < -0.4 is 15.4 Å². The van der Waals surface area contributed by atoms with Crippen LogP contribution in [0.3, 0.4) is 0 Å². The summed E-state index contributed by atoms with van der Waals surface area (Å²) in [5.41, 5.74) is 1.71. The van der Waals surface area contributed by atoms with Crippen LogP contribution in [0.5, 0.6) is 5.75 Å². The number of ether oxygens (including phenoxy) is 1. The second-order valence-corrected chi connectivity index (χ2v) is 5.09. The van der Waals surface area contributed by atoms with Gasteiger partial charge in [-0.3, -0.25) is 0 Å². The Balaban J connectivity index is 1.72. The highest BCUT2D eigenvalue weighted by Gasteiger charge is 2.02. The van der Waals surface area contributed by atoms with Crippen molar-refractivity contribution in [2.75, 3.05) is 17.7 Å². The summed E-state index contributed by atoms with van der Waals surface area (Å²) in [5, 5.41) is 14.8.